The SMILES string of the molecule is Cn1nc(C(=O)NC[C@@H]2CCCCN2C(=O)c2nc(C3CC3)sc2-c2ccccc2)c2ccccc21. The molecule has 0 radical (unpaired) electrons. The second kappa shape index (κ2) is 9.50. The zero-order valence-corrected chi connectivity index (χ0v) is 21.1. The van der Waals surface area contributed by atoms with Gasteiger partial charge in [-0.1, -0.05) is 48.5 Å². The zero-order valence-electron chi connectivity index (χ0n) is 20.3. The number of fused-ring (bicyclic) bond motifs is 1. The van der Waals surface area contributed by atoms with Crippen molar-refractivity contribution in [2.75, 3.05) is 13.1 Å². The van der Waals surface area contributed by atoms with Crippen molar-refractivity contribution >= 4 is 34.1 Å². The largest absolute Gasteiger partial charge is 0.349 e. The molecular weight excluding hydrogens is 470 g/mol. The molecule has 2 amide bonds. The number of nitrogens with one attached hydrogen (secondary N) is 1. The summed E-state index contributed by atoms with van der Waals surface area (Å²) in [6, 6.07) is 17.7. The van der Waals surface area contributed by atoms with E-state index in [1.807, 2.05) is 66.5 Å². The van der Waals surface area contributed by atoms with Crippen LogP contribution in [0.25, 0.3) is 21.3 Å². The number of para-hydroxylation sites is 1. The molecule has 184 valence electrons. The first-order valence-electron chi connectivity index (χ1n) is 12.7. The number of thiazole rings is 1. The van der Waals surface area contributed by atoms with E-state index in [1.54, 1.807) is 16.0 Å². The maximum atomic E-state index is 13.9. The Morgan fingerprint density at radius 2 is 1.78 bits per heavy atom. The molecule has 36 heavy (non-hydrogen) atoms. The summed E-state index contributed by atoms with van der Waals surface area (Å²) in [5.74, 6) is 0.252. The van der Waals surface area contributed by atoms with E-state index in [2.05, 4.69) is 10.4 Å². The van der Waals surface area contributed by atoms with E-state index in [-0.39, 0.29) is 17.9 Å². The highest BCUT2D eigenvalue weighted by molar-refractivity contribution is 7.15. The van der Waals surface area contributed by atoms with Gasteiger partial charge in [0.2, 0.25) is 0 Å². The minimum atomic E-state index is -0.209. The van der Waals surface area contributed by atoms with Crippen LogP contribution in [0.15, 0.2) is 54.6 Å². The van der Waals surface area contributed by atoms with Crippen LogP contribution in [0.1, 0.15) is 64.0 Å². The minimum absolute atomic E-state index is 0.0285. The number of benzene rings is 2. The molecule has 1 N–H and O–H groups in total. The van der Waals surface area contributed by atoms with E-state index in [1.165, 1.54) is 0 Å². The third-order valence-electron chi connectivity index (χ3n) is 7.17. The summed E-state index contributed by atoms with van der Waals surface area (Å²) in [4.78, 5) is 34.7. The molecule has 8 heteroatoms. The van der Waals surface area contributed by atoms with Crippen LogP contribution in [0.4, 0.5) is 0 Å². The Labute approximate surface area is 214 Å². The van der Waals surface area contributed by atoms with Crippen LogP contribution in [0.3, 0.4) is 0 Å². The van der Waals surface area contributed by atoms with Gasteiger partial charge < -0.3 is 10.2 Å². The quantitative estimate of drug-likeness (QED) is 0.405. The Morgan fingerprint density at radius 1 is 1.00 bits per heavy atom. The molecular formula is C28H29N5O2S. The van der Waals surface area contributed by atoms with Crippen molar-refractivity contribution in [3.05, 3.63) is 71.0 Å². The van der Waals surface area contributed by atoms with Crippen molar-refractivity contribution in [2.45, 2.75) is 44.1 Å². The molecule has 2 aromatic heterocycles. The van der Waals surface area contributed by atoms with Crippen LogP contribution in [0.5, 0.6) is 0 Å². The van der Waals surface area contributed by atoms with E-state index in [0.29, 0.717) is 30.4 Å². The molecule has 4 aromatic rings. The average molecular weight is 500 g/mol. The number of nitrogens with zero attached hydrogens (tertiary/aromatic N) is 4. The van der Waals surface area contributed by atoms with E-state index < -0.39 is 0 Å². The van der Waals surface area contributed by atoms with Crippen LogP contribution in [0.2, 0.25) is 0 Å². The third kappa shape index (κ3) is 4.30. The van der Waals surface area contributed by atoms with Crippen LogP contribution >= 0.6 is 11.3 Å². The number of likely N-dealkylation sites (tertiary alicyclic amines) is 1. The number of hydrogen-bond donors (Lipinski definition) is 1. The molecule has 2 aromatic carbocycles. The van der Waals surface area contributed by atoms with E-state index in [4.69, 9.17) is 4.98 Å². The molecule has 3 heterocycles. The van der Waals surface area contributed by atoms with Crippen molar-refractivity contribution in [2.24, 2.45) is 7.05 Å². The van der Waals surface area contributed by atoms with E-state index in [0.717, 1.165) is 58.5 Å². The van der Waals surface area contributed by atoms with Gasteiger partial charge in [-0.05, 0) is 43.7 Å². The molecule has 1 saturated carbocycles. The fraction of sp³-hybridized carbons (Fsp3) is 0.357. The molecule has 0 spiro atoms. The van der Waals surface area contributed by atoms with Gasteiger partial charge >= 0.3 is 0 Å². The zero-order chi connectivity index (χ0) is 24.6. The molecule has 7 nitrogen and oxygen atoms in total. The second-order valence-electron chi connectivity index (χ2n) is 9.72. The van der Waals surface area contributed by atoms with Crippen LogP contribution in [0, 0.1) is 0 Å². The number of carbonyl (C=O) groups is 2. The molecule has 1 aliphatic carbocycles. The van der Waals surface area contributed by atoms with Crippen LogP contribution in [-0.2, 0) is 7.05 Å². The van der Waals surface area contributed by atoms with Gasteiger partial charge in [-0.15, -0.1) is 11.3 Å². The van der Waals surface area contributed by atoms with Gasteiger partial charge in [-0.2, -0.15) is 5.10 Å². The summed E-state index contributed by atoms with van der Waals surface area (Å²) < 4.78 is 1.73. The smallest absolute Gasteiger partial charge is 0.274 e. The van der Waals surface area contributed by atoms with Gasteiger partial charge in [0.05, 0.1) is 15.4 Å². The average Bonchev–Trinajstić information content (AvgIpc) is 3.59. The normalized spacial score (nSPS) is 17.9. The third-order valence-corrected chi connectivity index (χ3v) is 8.43. The molecule has 6 rings (SSSR count). The predicted octanol–water partition coefficient (Wildman–Crippen LogP) is 5.00. The van der Waals surface area contributed by atoms with Gasteiger partial charge in [-0.3, -0.25) is 14.3 Å². The van der Waals surface area contributed by atoms with E-state index in [9.17, 15) is 9.59 Å². The maximum Gasteiger partial charge on any atom is 0.274 e. The highest BCUT2D eigenvalue weighted by atomic mass is 32.1. The summed E-state index contributed by atoms with van der Waals surface area (Å²) in [7, 11) is 1.84. The lowest BCUT2D eigenvalue weighted by atomic mass is 10.0. The lowest BCUT2D eigenvalue weighted by Crippen LogP contribution is -2.49. The minimum Gasteiger partial charge on any atom is -0.349 e. The predicted molar refractivity (Wildman–Crippen MR) is 141 cm³/mol. The van der Waals surface area contributed by atoms with Gasteiger partial charge in [-0.25, -0.2) is 4.98 Å². The number of rotatable bonds is 6. The molecule has 2 fully saturated rings. The maximum absolute atomic E-state index is 13.9. The molecule has 1 atom stereocenters. The first-order chi connectivity index (χ1) is 17.6. The molecule has 0 bridgehead atoms. The van der Waals surface area contributed by atoms with Gasteiger partial charge in [0.1, 0.15) is 5.69 Å². The standard InChI is InChI=1S/C28H29N5O2S/c1-32-22-13-6-5-12-21(22)23(31-32)26(34)29-17-20-11-7-8-16-33(20)28(35)24-25(18-9-3-2-4-10-18)36-27(30-24)19-14-15-19/h2-6,9-10,12-13,19-20H,7-8,11,14-17H2,1H3,(H,29,34)/t20-/m0/s1. The first kappa shape index (κ1) is 22.9. The van der Waals surface area contributed by atoms with Crippen molar-refractivity contribution in [1.29, 1.82) is 0 Å². The Kier molecular flexibility index (Phi) is 6.05. The number of hydrogen-bond acceptors (Lipinski definition) is 5. The number of aryl methyl sites for hydroxylation is 1. The van der Waals surface area contributed by atoms with Gasteiger partial charge in [0.25, 0.3) is 11.8 Å². The molecule has 1 aliphatic heterocycles. The Morgan fingerprint density at radius 3 is 2.58 bits per heavy atom. The number of carbonyl (C=O) groups excluding carboxylic acids is 2. The fourth-order valence-electron chi connectivity index (χ4n) is 5.06. The summed E-state index contributed by atoms with van der Waals surface area (Å²) >= 11 is 1.66. The van der Waals surface area contributed by atoms with E-state index >= 15 is 0 Å². The first-order valence-corrected chi connectivity index (χ1v) is 13.5. The van der Waals surface area contributed by atoms with Gasteiger partial charge in [0, 0.05) is 37.5 Å². The lowest BCUT2D eigenvalue weighted by Gasteiger charge is -2.35. The topological polar surface area (TPSA) is 80.1 Å². The summed E-state index contributed by atoms with van der Waals surface area (Å²) in [6.07, 6.45) is 5.15. The highest BCUT2D eigenvalue weighted by Crippen LogP contribution is 2.45. The fourth-order valence-corrected chi connectivity index (χ4v) is 6.30. The summed E-state index contributed by atoms with van der Waals surface area (Å²) in [5, 5.41) is 9.41. The Balaban J connectivity index is 1.23. The molecule has 1 saturated heterocycles. The van der Waals surface area contributed by atoms with Crippen LogP contribution in [-0.4, -0.2) is 50.6 Å². The van der Waals surface area contributed by atoms with Crippen LogP contribution < -0.4 is 5.32 Å². The highest BCUT2D eigenvalue weighted by Gasteiger charge is 2.34. The Hall–Kier alpha value is -3.52. The Bertz CT molecular complexity index is 1420. The van der Waals surface area contributed by atoms with Crippen molar-refractivity contribution < 1.29 is 9.59 Å². The number of amides is 2. The number of aromatic nitrogens is 3. The summed E-state index contributed by atoms with van der Waals surface area (Å²) in [6.45, 7) is 1.08. The lowest BCUT2D eigenvalue weighted by molar-refractivity contribution is 0.0598. The summed E-state index contributed by atoms with van der Waals surface area (Å²) in [5.41, 5.74) is 2.93. The monoisotopic (exact) mass is 499 g/mol. The van der Waals surface area contributed by atoms with Crippen molar-refractivity contribution in [3.8, 4) is 10.4 Å². The van der Waals surface area contributed by atoms with Crippen molar-refractivity contribution in [1.82, 2.24) is 25.0 Å². The molecule has 0 unspecified atom stereocenters. The second-order valence-corrected chi connectivity index (χ2v) is 10.7. The van der Waals surface area contributed by atoms with Gasteiger partial charge in [0.15, 0.2) is 5.69 Å². The number of piperidine rings is 1. The molecule has 2 aliphatic rings. The van der Waals surface area contributed by atoms with Crippen molar-refractivity contribution in [3.63, 3.8) is 0 Å².